The Bertz CT molecular complexity index is 8500. The SMILES string of the molecule is Clc1nc(-c2ccc(-c3cc(-c4ccc(-c5ccccn5)cc4)cc(-c4ccc(-c5ccccn5)cc4)c3)cc2)c2c(n1)oc1ccccc12.Clc1nc(-c2ccc(-c3nc(-c4cccc5ccccc45)cc(-c4cccc5ccccc45)n3)cc2)c2c(n1)oc1ccccc12.Clc1nc(-c2ccc(-c3nc(-c4ccccc4)nc(-c4ccccc4)n3)cc2)c2c(n1)oc1ccccc12. The zero-order valence-electron chi connectivity index (χ0n) is 70.9. The van der Waals surface area contributed by atoms with Crippen LogP contribution in [0.15, 0.2) is 426 Å². The van der Waals surface area contributed by atoms with Crippen LogP contribution in [-0.4, -0.2) is 64.8 Å². The Morgan fingerprint density at radius 3 is 0.799 bits per heavy atom. The second kappa shape index (κ2) is 35.3. The highest BCUT2D eigenvalue weighted by atomic mass is 35.5. The van der Waals surface area contributed by atoms with E-state index in [4.69, 9.17) is 73.0 Å². The molecule has 10 aromatic heterocycles. The maximum atomic E-state index is 6.38. The molecule has 0 saturated heterocycles. The van der Waals surface area contributed by atoms with Gasteiger partial charge in [0.15, 0.2) is 23.3 Å². The summed E-state index contributed by atoms with van der Waals surface area (Å²) in [6, 6.07) is 135. The number of rotatable bonds is 14. The lowest BCUT2D eigenvalue weighted by atomic mass is 9.92. The Kier molecular flexibility index (Phi) is 21.4. The number of nitrogens with zero attached hydrogens (tertiary/aromatic N) is 13. The molecule has 134 heavy (non-hydrogen) atoms. The highest BCUT2D eigenvalue weighted by molar-refractivity contribution is 6.30. The predicted octanol–water partition coefficient (Wildman–Crippen LogP) is 30.5. The van der Waals surface area contributed by atoms with Gasteiger partial charge in [0, 0.05) is 89.8 Å². The van der Waals surface area contributed by atoms with Crippen molar-refractivity contribution in [1.82, 2.24) is 64.8 Å². The van der Waals surface area contributed by atoms with Crippen LogP contribution in [0.3, 0.4) is 0 Å². The van der Waals surface area contributed by atoms with Crippen LogP contribution in [0.2, 0.25) is 15.9 Å². The molecule has 0 N–H and O–H groups in total. The molecule has 0 saturated carbocycles. The number of hydrogen-bond acceptors (Lipinski definition) is 16. The van der Waals surface area contributed by atoms with Crippen molar-refractivity contribution < 1.29 is 13.3 Å². The second-order valence-electron chi connectivity index (χ2n) is 32.0. The minimum atomic E-state index is 0.133. The summed E-state index contributed by atoms with van der Waals surface area (Å²) in [4.78, 5) is 60.6. The molecule has 0 aliphatic heterocycles. The first-order chi connectivity index (χ1) is 66.1. The summed E-state index contributed by atoms with van der Waals surface area (Å²) < 4.78 is 18.0. The molecule has 25 rings (SSSR count). The molecule has 10 heterocycles. The van der Waals surface area contributed by atoms with E-state index in [1.165, 1.54) is 0 Å². The van der Waals surface area contributed by atoms with Crippen molar-refractivity contribution in [3.63, 3.8) is 0 Å². The monoisotopic (exact) mass is 1780 g/mol. The van der Waals surface area contributed by atoms with Gasteiger partial charge in [0.2, 0.25) is 33.0 Å². The van der Waals surface area contributed by atoms with E-state index in [1.54, 1.807) is 0 Å². The Morgan fingerprint density at radius 2 is 0.455 bits per heavy atom. The van der Waals surface area contributed by atoms with Crippen LogP contribution in [0.5, 0.6) is 0 Å². The number of furan rings is 3. The van der Waals surface area contributed by atoms with E-state index in [1.807, 2.05) is 231 Å². The highest BCUT2D eigenvalue weighted by Gasteiger charge is 2.24. The number of aromatic nitrogens is 13. The summed E-state index contributed by atoms with van der Waals surface area (Å²) in [6.45, 7) is 0. The molecule has 0 spiro atoms. The maximum Gasteiger partial charge on any atom is 0.232 e. The lowest BCUT2D eigenvalue weighted by Crippen LogP contribution is -2.00. The minimum Gasteiger partial charge on any atom is -0.438 e. The van der Waals surface area contributed by atoms with Gasteiger partial charge in [0.25, 0.3) is 0 Å². The average Bonchev–Trinajstić information content (AvgIpc) is 1.41. The van der Waals surface area contributed by atoms with Gasteiger partial charge in [-0.05, 0) is 156 Å². The molecule has 0 aliphatic rings. The third-order valence-corrected chi connectivity index (χ3v) is 24.3. The first kappa shape index (κ1) is 81.2. The van der Waals surface area contributed by atoms with E-state index in [2.05, 4.69) is 222 Å². The van der Waals surface area contributed by atoms with Gasteiger partial charge >= 0.3 is 0 Å². The Morgan fingerprint density at radius 1 is 0.179 bits per heavy atom. The van der Waals surface area contributed by atoms with E-state index in [-0.39, 0.29) is 15.9 Å². The van der Waals surface area contributed by atoms with Crippen molar-refractivity contribution in [2.45, 2.75) is 0 Å². The smallest absolute Gasteiger partial charge is 0.232 e. The van der Waals surface area contributed by atoms with Crippen LogP contribution in [-0.2, 0) is 0 Å². The third-order valence-electron chi connectivity index (χ3n) is 23.8. The Hall–Kier alpha value is -17.3. The van der Waals surface area contributed by atoms with Crippen molar-refractivity contribution in [3.8, 4) is 158 Å². The van der Waals surface area contributed by atoms with Crippen LogP contribution in [0, 0.1) is 0 Å². The van der Waals surface area contributed by atoms with E-state index < -0.39 is 0 Å². The van der Waals surface area contributed by atoms with E-state index in [9.17, 15) is 0 Å². The molecule has 0 radical (unpaired) electrons. The molecule has 25 aromatic rings. The van der Waals surface area contributed by atoms with E-state index in [0.29, 0.717) is 51.8 Å². The van der Waals surface area contributed by atoms with Gasteiger partial charge in [-0.25, -0.2) is 39.9 Å². The summed E-state index contributed by atoms with van der Waals surface area (Å²) in [6.07, 6.45) is 3.64. The fraction of sp³-hybridized carbons (Fsp3) is 0. The number of pyridine rings is 2. The van der Waals surface area contributed by atoms with E-state index in [0.717, 1.165) is 194 Å². The Balaban J connectivity index is 0.000000115. The fourth-order valence-corrected chi connectivity index (χ4v) is 17.8. The lowest BCUT2D eigenvalue weighted by Gasteiger charge is -2.13. The van der Waals surface area contributed by atoms with Gasteiger partial charge in [0.05, 0.1) is 56.0 Å². The first-order valence-electron chi connectivity index (χ1n) is 43.4. The minimum absolute atomic E-state index is 0.133. The third kappa shape index (κ3) is 16.1. The molecule has 632 valence electrons. The molecular weight excluding hydrogens is 1720 g/mol. The quantitative estimate of drug-likeness (QED) is 0.0928. The number of fused-ring (bicyclic) bond motifs is 11. The molecule has 15 aromatic carbocycles. The number of halogens is 3. The van der Waals surface area contributed by atoms with Crippen molar-refractivity contribution in [2.75, 3.05) is 0 Å². The molecule has 0 bridgehead atoms. The average molecular weight is 1790 g/mol. The van der Waals surface area contributed by atoms with Crippen LogP contribution < -0.4 is 0 Å². The van der Waals surface area contributed by atoms with Crippen LogP contribution in [0.1, 0.15) is 0 Å². The standard InChI is InChI=1S/C44H27ClN4O.C40H23ClN4O.C31H18ClN5O/c45-44-48-42(41-37-7-1-2-10-40(37)50-43(41)49-44)33-21-15-30(16-22-33)36-26-34(28-11-17-31(18-12-28)38-8-3-5-23-46-38)25-35(27-36)29-13-19-32(20-14-29)39-9-4-6-24-47-39;41-40-44-37(36-32-15-5-6-18-35(32)46-39(36)45-40)26-19-21-27(22-20-26)38-42-33(30-16-7-11-24-9-1-3-13-28(24)30)23-34(43-38)31-17-8-12-25-10-2-4-14-29(25)31;32-31-33-26(25-23-13-7-8-14-24(23)38-30(25)37-31)19-15-17-22(18-16-19)29-35-27(20-9-3-1-4-10-20)34-28(36-29)21-11-5-2-6-12-21/h1-27H;1-23H;1-18H. The van der Waals surface area contributed by atoms with Gasteiger partial charge in [-0.3, -0.25) is 9.97 Å². The zero-order chi connectivity index (χ0) is 89.5. The molecule has 0 unspecified atom stereocenters. The van der Waals surface area contributed by atoms with Gasteiger partial charge in [0.1, 0.15) is 16.7 Å². The number of para-hydroxylation sites is 3. The van der Waals surface area contributed by atoms with Crippen LogP contribution >= 0.6 is 34.8 Å². The topological polar surface area (TPSA) is 207 Å². The summed E-state index contributed by atoms with van der Waals surface area (Å²) in [5.41, 5.74) is 26.7. The molecular formula is C115H68Cl3N13O3. The summed E-state index contributed by atoms with van der Waals surface area (Å²) in [7, 11) is 0. The highest BCUT2D eigenvalue weighted by Crippen LogP contribution is 2.44. The van der Waals surface area contributed by atoms with Crippen molar-refractivity contribution >= 4 is 123 Å². The Labute approximate surface area is 781 Å². The summed E-state index contributed by atoms with van der Waals surface area (Å²) in [5, 5.41) is 10.4. The van der Waals surface area contributed by atoms with Gasteiger partial charge in [-0.2, -0.15) is 15.0 Å². The van der Waals surface area contributed by atoms with Gasteiger partial charge < -0.3 is 13.3 Å². The molecule has 16 nitrogen and oxygen atoms in total. The van der Waals surface area contributed by atoms with Crippen molar-refractivity contribution in [1.29, 1.82) is 0 Å². The fourth-order valence-electron chi connectivity index (χ4n) is 17.3. The van der Waals surface area contributed by atoms with Crippen LogP contribution in [0.4, 0.5) is 0 Å². The zero-order valence-corrected chi connectivity index (χ0v) is 73.2. The molecule has 0 amide bonds. The maximum absolute atomic E-state index is 6.38. The normalized spacial score (nSPS) is 11.4. The molecule has 0 fully saturated rings. The lowest BCUT2D eigenvalue weighted by molar-refractivity contribution is 0.652. The first-order valence-corrected chi connectivity index (χ1v) is 44.5. The van der Waals surface area contributed by atoms with Crippen LogP contribution in [0.25, 0.3) is 245 Å². The summed E-state index contributed by atoms with van der Waals surface area (Å²) in [5.74, 6) is 2.46. The predicted molar refractivity (Wildman–Crippen MR) is 539 cm³/mol. The molecule has 0 aliphatic carbocycles. The number of benzene rings is 15. The summed E-state index contributed by atoms with van der Waals surface area (Å²) >= 11 is 19.0. The van der Waals surface area contributed by atoms with Crippen molar-refractivity contribution in [3.05, 3.63) is 429 Å². The second-order valence-corrected chi connectivity index (χ2v) is 33.0. The number of hydrogen-bond donors (Lipinski definition) is 0. The van der Waals surface area contributed by atoms with Gasteiger partial charge in [-0.1, -0.05) is 334 Å². The molecule has 0 atom stereocenters. The largest absolute Gasteiger partial charge is 0.438 e. The van der Waals surface area contributed by atoms with Gasteiger partial charge in [-0.15, -0.1) is 0 Å². The van der Waals surface area contributed by atoms with Crippen molar-refractivity contribution in [2.24, 2.45) is 0 Å². The molecule has 19 heteroatoms. The van der Waals surface area contributed by atoms with E-state index >= 15 is 0 Å².